The average Bonchev–Trinajstić information content (AvgIpc) is 2.77. The predicted molar refractivity (Wildman–Crippen MR) is 111 cm³/mol. The lowest BCUT2D eigenvalue weighted by Gasteiger charge is -2.30. The van der Waals surface area contributed by atoms with Crippen LogP contribution in [0.4, 0.5) is 0 Å². The summed E-state index contributed by atoms with van der Waals surface area (Å²) in [5, 5.41) is 2.96. The number of rotatable bonds is 8. The summed E-state index contributed by atoms with van der Waals surface area (Å²) in [6.45, 7) is 3.25. The van der Waals surface area contributed by atoms with Gasteiger partial charge < -0.3 is 10.1 Å². The van der Waals surface area contributed by atoms with Gasteiger partial charge in [0.2, 0.25) is 15.9 Å². The van der Waals surface area contributed by atoms with Crippen LogP contribution >= 0.6 is 0 Å². The van der Waals surface area contributed by atoms with Gasteiger partial charge in [0.15, 0.2) is 0 Å². The van der Waals surface area contributed by atoms with Crippen molar-refractivity contribution in [3.63, 3.8) is 0 Å². The van der Waals surface area contributed by atoms with E-state index in [-0.39, 0.29) is 17.6 Å². The van der Waals surface area contributed by atoms with Crippen LogP contribution in [0.2, 0.25) is 0 Å². The Hall–Kier alpha value is -2.45. The minimum atomic E-state index is -3.17. The smallest absolute Gasteiger partial charge is 0.223 e. The molecule has 1 aromatic heterocycles. The molecule has 0 atom stereocenters. The Balaban J connectivity index is 1.47. The third-order valence-corrected chi connectivity index (χ3v) is 6.94. The zero-order chi connectivity index (χ0) is 20.7. The quantitative estimate of drug-likeness (QED) is 0.712. The number of pyridine rings is 1. The molecule has 2 aromatic rings. The first-order valence-electron chi connectivity index (χ1n) is 9.85. The maximum atomic E-state index is 12.5. The monoisotopic (exact) mass is 417 g/mol. The summed E-state index contributed by atoms with van der Waals surface area (Å²) in [5.41, 5.74) is 1.80. The van der Waals surface area contributed by atoms with Crippen molar-refractivity contribution in [3.8, 4) is 5.75 Å². The summed E-state index contributed by atoms with van der Waals surface area (Å²) < 4.78 is 31.1. The van der Waals surface area contributed by atoms with E-state index in [2.05, 4.69) is 10.3 Å². The molecule has 156 valence electrons. The van der Waals surface area contributed by atoms with Crippen LogP contribution in [-0.2, 0) is 28.0 Å². The lowest BCUT2D eigenvalue weighted by atomic mass is 9.97. The number of piperidine rings is 1. The van der Waals surface area contributed by atoms with Crippen molar-refractivity contribution >= 4 is 15.9 Å². The highest BCUT2D eigenvalue weighted by atomic mass is 32.2. The lowest BCUT2D eigenvalue weighted by Crippen LogP contribution is -2.43. The number of ether oxygens (including phenoxy) is 1. The van der Waals surface area contributed by atoms with Gasteiger partial charge in [-0.2, -0.15) is 0 Å². The van der Waals surface area contributed by atoms with Crippen LogP contribution in [0.1, 0.15) is 31.0 Å². The number of aromatic nitrogens is 1. The normalized spacial score (nSPS) is 15.8. The predicted octanol–water partition coefficient (Wildman–Crippen LogP) is 2.34. The maximum absolute atomic E-state index is 12.5. The number of nitrogens with one attached hydrogen (secondary N) is 1. The van der Waals surface area contributed by atoms with E-state index in [1.54, 1.807) is 13.1 Å². The topological polar surface area (TPSA) is 88.6 Å². The van der Waals surface area contributed by atoms with E-state index >= 15 is 0 Å². The van der Waals surface area contributed by atoms with Gasteiger partial charge in [0.05, 0.1) is 11.4 Å². The zero-order valence-electron chi connectivity index (χ0n) is 16.6. The van der Waals surface area contributed by atoms with Gasteiger partial charge >= 0.3 is 0 Å². The molecule has 1 aromatic carbocycles. The Morgan fingerprint density at radius 2 is 2.00 bits per heavy atom. The molecule has 0 spiro atoms. The minimum Gasteiger partial charge on any atom is -0.487 e. The molecule has 1 saturated heterocycles. The molecule has 8 heteroatoms. The molecule has 1 amide bonds. The van der Waals surface area contributed by atoms with Crippen LogP contribution in [-0.4, -0.2) is 42.5 Å². The molecule has 3 rings (SSSR count). The van der Waals surface area contributed by atoms with E-state index in [4.69, 9.17) is 4.74 Å². The summed E-state index contributed by atoms with van der Waals surface area (Å²) in [5.74, 6) is 0.642. The first kappa shape index (κ1) is 21.3. The van der Waals surface area contributed by atoms with Gasteiger partial charge in [-0.15, -0.1) is 0 Å². The number of amides is 1. The van der Waals surface area contributed by atoms with Crippen molar-refractivity contribution in [2.24, 2.45) is 5.92 Å². The Labute approximate surface area is 172 Å². The summed E-state index contributed by atoms with van der Waals surface area (Å²) in [6.07, 6.45) is 2.84. The summed E-state index contributed by atoms with van der Waals surface area (Å²) in [6, 6.07) is 13.3. The van der Waals surface area contributed by atoms with Crippen molar-refractivity contribution in [1.29, 1.82) is 0 Å². The van der Waals surface area contributed by atoms with Crippen molar-refractivity contribution in [1.82, 2.24) is 14.6 Å². The average molecular weight is 418 g/mol. The lowest BCUT2D eigenvalue weighted by molar-refractivity contribution is -0.126. The fourth-order valence-corrected chi connectivity index (χ4v) is 4.43. The summed E-state index contributed by atoms with van der Waals surface area (Å²) in [4.78, 5) is 16.7. The minimum absolute atomic E-state index is 0.0293. The third kappa shape index (κ3) is 6.01. The van der Waals surface area contributed by atoms with Gasteiger partial charge in [-0.3, -0.25) is 9.78 Å². The Bertz CT molecular complexity index is 911. The summed E-state index contributed by atoms with van der Waals surface area (Å²) >= 11 is 0. The molecule has 1 fully saturated rings. The molecule has 7 nitrogen and oxygen atoms in total. The van der Waals surface area contributed by atoms with Crippen LogP contribution in [0, 0.1) is 5.92 Å². The fraction of sp³-hybridized carbons (Fsp3) is 0.429. The number of hydrogen-bond acceptors (Lipinski definition) is 5. The van der Waals surface area contributed by atoms with Crippen LogP contribution in [0.5, 0.6) is 5.75 Å². The Morgan fingerprint density at radius 1 is 1.21 bits per heavy atom. The molecule has 0 aliphatic carbocycles. The molecule has 0 radical (unpaired) electrons. The van der Waals surface area contributed by atoms with Crippen molar-refractivity contribution in [2.45, 2.75) is 32.9 Å². The van der Waals surface area contributed by atoms with E-state index in [1.807, 2.05) is 42.5 Å². The van der Waals surface area contributed by atoms with E-state index in [0.717, 1.165) is 17.0 Å². The first-order valence-corrected chi connectivity index (χ1v) is 11.5. The SMILES string of the molecule is CCS(=O)(=O)N1CCC(C(=O)NCc2cccc(OCc3ccccn3)c2)CC1. The molecule has 0 bridgehead atoms. The molecule has 0 saturated carbocycles. The van der Waals surface area contributed by atoms with Crippen molar-refractivity contribution < 1.29 is 17.9 Å². The molecule has 1 aliphatic rings. The van der Waals surface area contributed by atoms with E-state index in [9.17, 15) is 13.2 Å². The number of benzene rings is 1. The fourth-order valence-electron chi connectivity index (χ4n) is 3.30. The third-order valence-electron chi connectivity index (χ3n) is 5.06. The largest absolute Gasteiger partial charge is 0.487 e. The second-order valence-electron chi connectivity index (χ2n) is 7.05. The van der Waals surface area contributed by atoms with Crippen LogP contribution in [0.15, 0.2) is 48.7 Å². The van der Waals surface area contributed by atoms with Crippen molar-refractivity contribution in [2.75, 3.05) is 18.8 Å². The highest BCUT2D eigenvalue weighted by Gasteiger charge is 2.29. The van der Waals surface area contributed by atoms with E-state index in [0.29, 0.717) is 39.1 Å². The first-order chi connectivity index (χ1) is 14.0. The molecular formula is C21H27N3O4S. The molecule has 1 N–H and O–H groups in total. The molecule has 2 heterocycles. The summed E-state index contributed by atoms with van der Waals surface area (Å²) in [7, 11) is -3.17. The molecular weight excluding hydrogens is 390 g/mol. The second-order valence-corrected chi connectivity index (χ2v) is 9.31. The molecule has 29 heavy (non-hydrogen) atoms. The van der Waals surface area contributed by atoms with Gasteiger partial charge in [-0.1, -0.05) is 18.2 Å². The Morgan fingerprint density at radius 3 is 2.69 bits per heavy atom. The highest BCUT2D eigenvalue weighted by Crippen LogP contribution is 2.20. The standard InChI is InChI=1S/C21H27N3O4S/c1-2-29(26,27)24-12-9-18(10-13-24)21(25)23-15-17-6-5-8-20(14-17)28-16-19-7-3-4-11-22-19/h3-8,11,14,18H,2,9-10,12-13,15-16H2,1H3,(H,23,25). The zero-order valence-corrected chi connectivity index (χ0v) is 17.4. The van der Waals surface area contributed by atoms with Gasteiger partial charge in [0.1, 0.15) is 12.4 Å². The van der Waals surface area contributed by atoms with E-state index < -0.39 is 10.0 Å². The van der Waals surface area contributed by atoms with Crippen LogP contribution in [0.3, 0.4) is 0 Å². The van der Waals surface area contributed by atoms with Crippen molar-refractivity contribution in [3.05, 3.63) is 59.9 Å². The number of carbonyl (C=O) groups is 1. The maximum Gasteiger partial charge on any atom is 0.223 e. The second kappa shape index (κ2) is 9.84. The highest BCUT2D eigenvalue weighted by molar-refractivity contribution is 7.89. The number of carbonyl (C=O) groups excluding carboxylic acids is 1. The Kier molecular flexibility index (Phi) is 7.22. The van der Waals surface area contributed by atoms with Gasteiger partial charge in [0, 0.05) is 31.7 Å². The van der Waals surface area contributed by atoms with Crippen LogP contribution < -0.4 is 10.1 Å². The van der Waals surface area contributed by atoms with E-state index in [1.165, 1.54) is 4.31 Å². The van der Waals surface area contributed by atoms with Gasteiger partial charge in [-0.25, -0.2) is 12.7 Å². The number of sulfonamides is 1. The number of hydrogen-bond donors (Lipinski definition) is 1. The molecule has 1 aliphatic heterocycles. The van der Waals surface area contributed by atoms with Gasteiger partial charge in [-0.05, 0) is 49.6 Å². The van der Waals surface area contributed by atoms with Gasteiger partial charge in [0.25, 0.3) is 0 Å². The van der Waals surface area contributed by atoms with Crippen LogP contribution in [0.25, 0.3) is 0 Å². The molecule has 0 unspecified atom stereocenters. The number of nitrogens with zero attached hydrogens (tertiary/aromatic N) is 2.